The Morgan fingerprint density at radius 3 is 2.22 bits per heavy atom. The molecular weight excluding hydrogens is 316 g/mol. The highest BCUT2D eigenvalue weighted by Crippen LogP contribution is 2.21. The maximum atomic E-state index is 12.4. The maximum absolute atomic E-state index is 12.4. The van der Waals surface area contributed by atoms with E-state index in [0.717, 1.165) is 33.4 Å². The quantitative estimate of drug-likeness (QED) is 0.824. The number of nitrogens with zero attached hydrogens (tertiary/aromatic N) is 1. The Kier molecular flexibility index (Phi) is 4.79. The molecule has 1 fully saturated rings. The molecule has 3 amide bonds. The number of carbonyl (C=O) groups is 2. The largest absolute Gasteiger partial charge is 0.326 e. The smallest absolute Gasteiger partial charge is 0.325 e. The molecule has 1 saturated heterocycles. The molecule has 1 aromatic carbocycles. The van der Waals surface area contributed by atoms with Crippen molar-refractivity contribution in [3.05, 3.63) is 34.4 Å². The third-order valence-electron chi connectivity index (χ3n) is 4.04. The standard InChI is InChI=1S/C16H22N2O4S/c1-10-7-11(2)13(12(3)8-10)9-18-15(19)14(17-16(18)20)5-6-23(4,21)22/h7-8,14H,5-6,9H2,1-4H3,(H,17,20)/t14-/m0/s1. The fourth-order valence-corrected chi connectivity index (χ4v) is 3.54. The van der Waals surface area contributed by atoms with Gasteiger partial charge < -0.3 is 5.32 Å². The van der Waals surface area contributed by atoms with Crippen LogP contribution in [-0.2, 0) is 21.2 Å². The minimum absolute atomic E-state index is 0.103. The van der Waals surface area contributed by atoms with Gasteiger partial charge in [0.15, 0.2) is 0 Å². The van der Waals surface area contributed by atoms with E-state index >= 15 is 0 Å². The lowest BCUT2D eigenvalue weighted by molar-refractivity contribution is -0.127. The summed E-state index contributed by atoms with van der Waals surface area (Å²) in [5, 5.41) is 2.57. The molecule has 1 heterocycles. The molecule has 1 N–H and O–H groups in total. The monoisotopic (exact) mass is 338 g/mol. The first kappa shape index (κ1) is 17.5. The van der Waals surface area contributed by atoms with Crippen molar-refractivity contribution in [3.63, 3.8) is 0 Å². The lowest BCUT2D eigenvalue weighted by Gasteiger charge is -2.17. The zero-order valence-electron chi connectivity index (χ0n) is 13.8. The van der Waals surface area contributed by atoms with Crippen LogP contribution in [0.5, 0.6) is 0 Å². The molecule has 0 unspecified atom stereocenters. The third-order valence-corrected chi connectivity index (χ3v) is 5.02. The van der Waals surface area contributed by atoms with Gasteiger partial charge in [0.05, 0.1) is 12.3 Å². The number of aryl methyl sites for hydroxylation is 3. The van der Waals surface area contributed by atoms with Gasteiger partial charge in [-0.1, -0.05) is 17.7 Å². The Morgan fingerprint density at radius 2 is 1.70 bits per heavy atom. The second-order valence-electron chi connectivity index (χ2n) is 6.22. The van der Waals surface area contributed by atoms with E-state index < -0.39 is 21.9 Å². The molecule has 0 spiro atoms. The number of imide groups is 1. The van der Waals surface area contributed by atoms with Gasteiger partial charge in [0.2, 0.25) is 0 Å². The number of nitrogens with one attached hydrogen (secondary N) is 1. The number of benzene rings is 1. The van der Waals surface area contributed by atoms with Crippen molar-refractivity contribution in [1.82, 2.24) is 10.2 Å². The predicted molar refractivity (Wildman–Crippen MR) is 87.9 cm³/mol. The van der Waals surface area contributed by atoms with Crippen molar-refractivity contribution in [1.29, 1.82) is 0 Å². The summed E-state index contributed by atoms with van der Waals surface area (Å²) < 4.78 is 22.5. The van der Waals surface area contributed by atoms with Crippen molar-refractivity contribution in [2.24, 2.45) is 0 Å². The molecule has 1 atom stereocenters. The Morgan fingerprint density at radius 1 is 1.13 bits per heavy atom. The summed E-state index contributed by atoms with van der Waals surface area (Å²) in [7, 11) is -3.17. The molecule has 1 aliphatic heterocycles. The molecule has 1 aliphatic rings. The van der Waals surface area contributed by atoms with Gasteiger partial charge in [0.25, 0.3) is 5.91 Å². The summed E-state index contributed by atoms with van der Waals surface area (Å²) in [5.41, 5.74) is 4.14. The van der Waals surface area contributed by atoms with Crippen LogP contribution in [0.1, 0.15) is 28.7 Å². The van der Waals surface area contributed by atoms with Crippen molar-refractivity contribution in [2.45, 2.75) is 39.8 Å². The minimum Gasteiger partial charge on any atom is -0.326 e. The van der Waals surface area contributed by atoms with Crippen LogP contribution in [0.25, 0.3) is 0 Å². The van der Waals surface area contributed by atoms with Gasteiger partial charge in [-0.25, -0.2) is 13.2 Å². The second-order valence-corrected chi connectivity index (χ2v) is 8.48. The van der Waals surface area contributed by atoms with E-state index in [4.69, 9.17) is 0 Å². The summed E-state index contributed by atoms with van der Waals surface area (Å²) >= 11 is 0. The average Bonchev–Trinajstić information content (AvgIpc) is 2.66. The third kappa shape index (κ3) is 4.10. The van der Waals surface area contributed by atoms with E-state index in [1.165, 1.54) is 0 Å². The van der Waals surface area contributed by atoms with Crippen molar-refractivity contribution in [3.8, 4) is 0 Å². The SMILES string of the molecule is Cc1cc(C)c(CN2C(=O)N[C@@H](CCS(C)(=O)=O)C2=O)c(C)c1. The molecule has 23 heavy (non-hydrogen) atoms. The van der Waals surface area contributed by atoms with Gasteiger partial charge in [-0.05, 0) is 43.9 Å². The Bertz CT molecular complexity index is 732. The number of urea groups is 1. The van der Waals surface area contributed by atoms with Crippen molar-refractivity contribution >= 4 is 21.8 Å². The van der Waals surface area contributed by atoms with Gasteiger partial charge in [-0.15, -0.1) is 0 Å². The van der Waals surface area contributed by atoms with Gasteiger partial charge in [0.1, 0.15) is 15.9 Å². The molecule has 0 radical (unpaired) electrons. The first-order valence-electron chi connectivity index (χ1n) is 7.45. The van der Waals surface area contributed by atoms with E-state index in [0.29, 0.717) is 0 Å². The normalized spacial score (nSPS) is 18.4. The van der Waals surface area contributed by atoms with Crippen LogP contribution in [0.3, 0.4) is 0 Å². The molecule has 2 rings (SSSR count). The van der Waals surface area contributed by atoms with E-state index in [9.17, 15) is 18.0 Å². The Balaban J connectivity index is 2.15. The first-order valence-corrected chi connectivity index (χ1v) is 9.51. The summed E-state index contributed by atoms with van der Waals surface area (Å²) in [6.45, 7) is 6.11. The number of rotatable bonds is 5. The summed E-state index contributed by atoms with van der Waals surface area (Å²) in [5.74, 6) is -0.488. The van der Waals surface area contributed by atoms with E-state index in [1.54, 1.807) is 0 Å². The highest BCUT2D eigenvalue weighted by molar-refractivity contribution is 7.90. The van der Waals surface area contributed by atoms with Gasteiger partial charge in [-0.2, -0.15) is 0 Å². The highest BCUT2D eigenvalue weighted by Gasteiger charge is 2.38. The number of hydrogen-bond donors (Lipinski definition) is 1. The van der Waals surface area contributed by atoms with Crippen LogP contribution in [0.2, 0.25) is 0 Å². The lowest BCUT2D eigenvalue weighted by atomic mass is 9.99. The van der Waals surface area contributed by atoms with E-state index in [1.807, 2.05) is 32.9 Å². The zero-order valence-corrected chi connectivity index (χ0v) is 14.7. The molecule has 0 saturated carbocycles. The molecule has 126 valence electrons. The summed E-state index contributed by atoms with van der Waals surface area (Å²) in [6.07, 6.45) is 1.22. The van der Waals surface area contributed by atoms with Gasteiger partial charge in [-0.3, -0.25) is 9.69 Å². The molecule has 0 aliphatic carbocycles. The Labute approximate surface area is 136 Å². The van der Waals surface area contributed by atoms with E-state index in [2.05, 4.69) is 5.32 Å². The second kappa shape index (κ2) is 6.31. The minimum atomic E-state index is -3.17. The Hall–Kier alpha value is -1.89. The van der Waals surface area contributed by atoms with Crippen molar-refractivity contribution in [2.75, 3.05) is 12.0 Å². The average molecular weight is 338 g/mol. The molecule has 0 aromatic heterocycles. The van der Waals surface area contributed by atoms with Crippen LogP contribution in [-0.4, -0.2) is 43.3 Å². The number of hydrogen-bond acceptors (Lipinski definition) is 4. The predicted octanol–water partition coefficient (Wildman–Crippen LogP) is 1.47. The molecule has 0 bridgehead atoms. The number of sulfone groups is 1. The lowest BCUT2D eigenvalue weighted by Crippen LogP contribution is -2.32. The fraction of sp³-hybridized carbons (Fsp3) is 0.500. The van der Waals surface area contributed by atoms with Crippen LogP contribution in [0.4, 0.5) is 4.79 Å². The maximum Gasteiger partial charge on any atom is 0.325 e. The number of carbonyl (C=O) groups excluding carboxylic acids is 2. The molecule has 6 nitrogen and oxygen atoms in total. The summed E-state index contributed by atoms with van der Waals surface area (Å²) in [4.78, 5) is 25.6. The van der Waals surface area contributed by atoms with Crippen LogP contribution < -0.4 is 5.32 Å². The van der Waals surface area contributed by atoms with Gasteiger partial charge in [0, 0.05) is 6.26 Å². The van der Waals surface area contributed by atoms with Crippen LogP contribution >= 0.6 is 0 Å². The fourth-order valence-electron chi connectivity index (χ4n) is 2.87. The first-order chi connectivity index (χ1) is 10.6. The number of amides is 3. The zero-order chi connectivity index (χ0) is 17.4. The van der Waals surface area contributed by atoms with Gasteiger partial charge >= 0.3 is 6.03 Å². The highest BCUT2D eigenvalue weighted by atomic mass is 32.2. The van der Waals surface area contributed by atoms with Crippen molar-refractivity contribution < 1.29 is 18.0 Å². The van der Waals surface area contributed by atoms with E-state index in [-0.39, 0.29) is 24.6 Å². The summed E-state index contributed by atoms with van der Waals surface area (Å²) in [6, 6.07) is 2.81. The molecule has 1 aromatic rings. The molecule has 7 heteroatoms. The van der Waals surface area contributed by atoms with Crippen LogP contribution in [0, 0.1) is 20.8 Å². The topological polar surface area (TPSA) is 83.6 Å². The molecular formula is C16H22N2O4S. The van der Waals surface area contributed by atoms with Crippen LogP contribution in [0.15, 0.2) is 12.1 Å².